The molecule has 1 aromatic heterocycles. The summed E-state index contributed by atoms with van der Waals surface area (Å²) in [7, 11) is 0. The Labute approximate surface area is 98.2 Å². The molecule has 0 saturated heterocycles. The number of aromatic nitrogens is 2. The van der Waals surface area contributed by atoms with Gasteiger partial charge in [0.2, 0.25) is 0 Å². The monoisotopic (exact) mass is 224 g/mol. The van der Waals surface area contributed by atoms with E-state index in [1.54, 1.807) is 0 Å². The highest BCUT2D eigenvalue weighted by Gasteiger charge is 2.14. The third-order valence-corrected chi connectivity index (χ3v) is 2.89. The molecule has 92 valence electrons. The van der Waals surface area contributed by atoms with Crippen molar-refractivity contribution in [2.45, 2.75) is 59.0 Å². The van der Waals surface area contributed by atoms with Crippen molar-refractivity contribution < 1.29 is 0 Å². The van der Waals surface area contributed by atoms with Crippen LogP contribution in [0.1, 0.15) is 57.0 Å². The Morgan fingerprint density at radius 1 is 1.44 bits per heavy atom. The molecule has 1 aromatic rings. The van der Waals surface area contributed by atoms with Gasteiger partial charge in [0.1, 0.15) is 0 Å². The standard InChI is InChI=1S/C12H24N4/c1-4-6-7-8-11(14-13)12-9-10(3)15-16(12)5-2/h9,11,14H,4-8,13H2,1-3H3. The van der Waals surface area contributed by atoms with Gasteiger partial charge in [0.25, 0.3) is 0 Å². The van der Waals surface area contributed by atoms with E-state index in [9.17, 15) is 0 Å². The van der Waals surface area contributed by atoms with E-state index < -0.39 is 0 Å². The van der Waals surface area contributed by atoms with Crippen LogP contribution in [0.4, 0.5) is 0 Å². The Bertz CT molecular complexity index is 306. The largest absolute Gasteiger partial charge is 0.271 e. The molecule has 0 aliphatic rings. The van der Waals surface area contributed by atoms with Crippen LogP contribution < -0.4 is 11.3 Å². The van der Waals surface area contributed by atoms with Crippen molar-refractivity contribution in [3.8, 4) is 0 Å². The third kappa shape index (κ3) is 3.32. The second kappa shape index (κ2) is 6.66. The summed E-state index contributed by atoms with van der Waals surface area (Å²) in [5.74, 6) is 5.63. The molecule has 0 fully saturated rings. The van der Waals surface area contributed by atoms with Crippen LogP contribution >= 0.6 is 0 Å². The van der Waals surface area contributed by atoms with Crippen molar-refractivity contribution in [3.63, 3.8) is 0 Å². The summed E-state index contributed by atoms with van der Waals surface area (Å²) in [6.45, 7) is 7.24. The highest BCUT2D eigenvalue weighted by Crippen LogP contribution is 2.20. The van der Waals surface area contributed by atoms with E-state index in [0.29, 0.717) is 0 Å². The SMILES string of the molecule is CCCCCC(NN)c1cc(C)nn1CC. The van der Waals surface area contributed by atoms with Gasteiger partial charge in [-0.3, -0.25) is 16.0 Å². The van der Waals surface area contributed by atoms with Gasteiger partial charge in [-0.2, -0.15) is 5.10 Å². The van der Waals surface area contributed by atoms with Crippen LogP contribution in [0.3, 0.4) is 0 Å². The van der Waals surface area contributed by atoms with Crippen LogP contribution in [0.2, 0.25) is 0 Å². The van der Waals surface area contributed by atoms with Gasteiger partial charge in [-0.05, 0) is 26.3 Å². The van der Waals surface area contributed by atoms with Gasteiger partial charge >= 0.3 is 0 Å². The predicted octanol–water partition coefficient (Wildman–Crippen LogP) is 2.30. The van der Waals surface area contributed by atoms with Gasteiger partial charge < -0.3 is 0 Å². The molecule has 1 rings (SSSR count). The lowest BCUT2D eigenvalue weighted by molar-refractivity contribution is 0.448. The highest BCUT2D eigenvalue weighted by molar-refractivity contribution is 5.13. The minimum Gasteiger partial charge on any atom is -0.271 e. The number of aryl methyl sites for hydroxylation is 2. The molecule has 0 aromatic carbocycles. The van der Waals surface area contributed by atoms with E-state index in [2.05, 4.69) is 30.4 Å². The first-order chi connectivity index (χ1) is 7.72. The number of hydrazine groups is 1. The number of nitrogens with one attached hydrogen (secondary N) is 1. The average molecular weight is 224 g/mol. The Balaban J connectivity index is 2.69. The van der Waals surface area contributed by atoms with Gasteiger partial charge in [-0.25, -0.2) is 0 Å². The summed E-state index contributed by atoms with van der Waals surface area (Å²) in [6.07, 6.45) is 4.79. The normalized spacial score (nSPS) is 13.0. The lowest BCUT2D eigenvalue weighted by Crippen LogP contribution is -2.29. The van der Waals surface area contributed by atoms with Crippen LogP contribution in [0.15, 0.2) is 6.07 Å². The van der Waals surface area contributed by atoms with E-state index in [0.717, 1.165) is 18.7 Å². The van der Waals surface area contributed by atoms with Crippen molar-refractivity contribution in [2.24, 2.45) is 5.84 Å². The molecule has 3 N–H and O–H groups in total. The predicted molar refractivity (Wildman–Crippen MR) is 66.8 cm³/mol. The van der Waals surface area contributed by atoms with E-state index in [1.165, 1.54) is 25.0 Å². The zero-order chi connectivity index (χ0) is 12.0. The van der Waals surface area contributed by atoms with Crippen LogP contribution in [-0.2, 0) is 6.54 Å². The van der Waals surface area contributed by atoms with Crippen molar-refractivity contribution >= 4 is 0 Å². The zero-order valence-corrected chi connectivity index (χ0v) is 10.7. The zero-order valence-electron chi connectivity index (χ0n) is 10.7. The summed E-state index contributed by atoms with van der Waals surface area (Å²) in [6, 6.07) is 2.35. The molecule has 1 atom stereocenters. The van der Waals surface area contributed by atoms with Crippen LogP contribution in [0.5, 0.6) is 0 Å². The molecule has 0 amide bonds. The molecule has 0 aliphatic heterocycles. The number of hydrogen-bond acceptors (Lipinski definition) is 3. The molecule has 0 radical (unpaired) electrons. The first-order valence-corrected chi connectivity index (χ1v) is 6.23. The van der Waals surface area contributed by atoms with Gasteiger partial charge in [0, 0.05) is 6.54 Å². The van der Waals surface area contributed by atoms with Crippen molar-refractivity contribution in [2.75, 3.05) is 0 Å². The second-order valence-corrected chi connectivity index (χ2v) is 4.24. The molecular weight excluding hydrogens is 200 g/mol. The molecule has 0 spiro atoms. The number of rotatable bonds is 7. The van der Waals surface area contributed by atoms with E-state index in [-0.39, 0.29) is 6.04 Å². The summed E-state index contributed by atoms with van der Waals surface area (Å²) in [5, 5.41) is 4.45. The van der Waals surface area contributed by atoms with Crippen molar-refractivity contribution in [1.82, 2.24) is 15.2 Å². The fraction of sp³-hybridized carbons (Fsp3) is 0.750. The number of nitrogens with two attached hydrogens (primary N) is 1. The van der Waals surface area contributed by atoms with Gasteiger partial charge in [0.05, 0.1) is 17.4 Å². The van der Waals surface area contributed by atoms with Crippen LogP contribution in [0, 0.1) is 6.92 Å². The molecule has 1 heterocycles. The summed E-state index contributed by atoms with van der Waals surface area (Å²) >= 11 is 0. The summed E-state index contributed by atoms with van der Waals surface area (Å²) in [4.78, 5) is 0. The Kier molecular flexibility index (Phi) is 5.49. The van der Waals surface area contributed by atoms with E-state index in [4.69, 9.17) is 5.84 Å². The molecule has 0 aliphatic carbocycles. The van der Waals surface area contributed by atoms with Gasteiger partial charge in [-0.1, -0.05) is 26.2 Å². The topological polar surface area (TPSA) is 55.9 Å². The summed E-state index contributed by atoms with van der Waals surface area (Å²) in [5.41, 5.74) is 5.17. The smallest absolute Gasteiger partial charge is 0.0629 e. The first kappa shape index (κ1) is 13.2. The summed E-state index contributed by atoms with van der Waals surface area (Å²) < 4.78 is 2.03. The maximum Gasteiger partial charge on any atom is 0.0629 e. The van der Waals surface area contributed by atoms with Gasteiger partial charge in [-0.15, -0.1) is 0 Å². The minimum absolute atomic E-state index is 0.229. The minimum atomic E-state index is 0.229. The van der Waals surface area contributed by atoms with Gasteiger partial charge in [0.15, 0.2) is 0 Å². The molecule has 1 unspecified atom stereocenters. The number of nitrogens with zero attached hydrogens (tertiary/aromatic N) is 2. The molecule has 4 nitrogen and oxygen atoms in total. The lowest BCUT2D eigenvalue weighted by Gasteiger charge is -2.16. The molecule has 4 heteroatoms. The first-order valence-electron chi connectivity index (χ1n) is 6.23. The van der Waals surface area contributed by atoms with E-state index >= 15 is 0 Å². The lowest BCUT2D eigenvalue weighted by atomic mass is 10.1. The Morgan fingerprint density at radius 2 is 2.19 bits per heavy atom. The van der Waals surface area contributed by atoms with Crippen LogP contribution in [-0.4, -0.2) is 9.78 Å². The fourth-order valence-corrected chi connectivity index (χ4v) is 2.01. The molecule has 0 bridgehead atoms. The maximum absolute atomic E-state index is 5.63. The van der Waals surface area contributed by atoms with Crippen molar-refractivity contribution in [3.05, 3.63) is 17.5 Å². The Morgan fingerprint density at radius 3 is 2.75 bits per heavy atom. The number of unbranched alkanes of at least 4 members (excludes halogenated alkanes) is 2. The second-order valence-electron chi connectivity index (χ2n) is 4.24. The average Bonchev–Trinajstić information content (AvgIpc) is 2.66. The molecular formula is C12H24N4. The maximum atomic E-state index is 5.63. The molecule has 16 heavy (non-hydrogen) atoms. The van der Waals surface area contributed by atoms with Crippen molar-refractivity contribution in [1.29, 1.82) is 0 Å². The van der Waals surface area contributed by atoms with Crippen LogP contribution in [0.25, 0.3) is 0 Å². The molecule has 0 saturated carbocycles. The number of hydrogen-bond donors (Lipinski definition) is 2. The fourth-order valence-electron chi connectivity index (χ4n) is 2.01. The Hall–Kier alpha value is -0.870. The third-order valence-electron chi connectivity index (χ3n) is 2.89. The highest BCUT2D eigenvalue weighted by atomic mass is 15.3. The van der Waals surface area contributed by atoms with E-state index in [1.807, 2.05) is 11.6 Å². The quantitative estimate of drug-likeness (QED) is 0.424.